The summed E-state index contributed by atoms with van der Waals surface area (Å²) in [5.41, 5.74) is 2.91. The zero-order valence-electron chi connectivity index (χ0n) is 19.8. The van der Waals surface area contributed by atoms with Crippen LogP contribution in [0.25, 0.3) is 0 Å². The molecule has 0 aromatic heterocycles. The number of phenolic OH excluding ortho intramolecular Hbond substituents is 1. The van der Waals surface area contributed by atoms with Crippen LogP contribution in [0.3, 0.4) is 0 Å². The van der Waals surface area contributed by atoms with E-state index in [1.54, 1.807) is 42.5 Å². The van der Waals surface area contributed by atoms with Gasteiger partial charge >= 0.3 is 0 Å². The van der Waals surface area contributed by atoms with Crippen LogP contribution in [0.4, 0.5) is 5.69 Å². The second-order valence-corrected chi connectivity index (χ2v) is 10.7. The molecule has 6 nitrogen and oxygen atoms in total. The summed E-state index contributed by atoms with van der Waals surface area (Å²) in [6.07, 6.45) is 2.50. The van der Waals surface area contributed by atoms with Crippen LogP contribution >= 0.6 is 0 Å². The number of aromatic hydroxyl groups is 1. The summed E-state index contributed by atoms with van der Waals surface area (Å²) >= 11 is 0. The summed E-state index contributed by atoms with van der Waals surface area (Å²) in [6, 6.07) is 19.3. The summed E-state index contributed by atoms with van der Waals surface area (Å²) in [5, 5.41) is 9.63. The number of rotatable bonds is 9. The van der Waals surface area contributed by atoms with Crippen molar-refractivity contribution in [3.05, 3.63) is 83.4 Å². The summed E-state index contributed by atoms with van der Waals surface area (Å²) < 4.78 is 35.0. The molecule has 3 aromatic rings. The average Bonchev–Trinajstić information content (AvgIpc) is 3.34. The summed E-state index contributed by atoms with van der Waals surface area (Å²) in [4.78, 5) is 2.68. The maximum Gasteiger partial charge on any atom is 0.264 e. The van der Waals surface area contributed by atoms with Gasteiger partial charge in [-0.05, 0) is 98.9 Å². The lowest BCUT2D eigenvalue weighted by Gasteiger charge is -2.26. The molecule has 7 heteroatoms. The van der Waals surface area contributed by atoms with E-state index >= 15 is 0 Å². The maximum atomic E-state index is 13.8. The van der Waals surface area contributed by atoms with Crippen molar-refractivity contribution in [2.45, 2.75) is 38.1 Å². The highest BCUT2D eigenvalue weighted by atomic mass is 32.2. The second kappa shape index (κ2) is 10.5. The molecule has 1 aliphatic rings. The Morgan fingerprint density at radius 1 is 0.941 bits per heavy atom. The molecule has 1 N–H and O–H groups in total. The first kappa shape index (κ1) is 24.1. The zero-order valence-corrected chi connectivity index (χ0v) is 20.6. The van der Waals surface area contributed by atoms with E-state index in [1.807, 2.05) is 38.1 Å². The van der Waals surface area contributed by atoms with Gasteiger partial charge in [-0.25, -0.2) is 8.42 Å². The molecule has 1 fully saturated rings. The van der Waals surface area contributed by atoms with Crippen LogP contribution in [0.2, 0.25) is 0 Å². The van der Waals surface area contributed by atoms with Gasteiger partial charge in [0, 0.05) is 6.54 Å². The Morgan fingerprint density at radius 3 is 2.29 bits per heavy atom. The van der Waals surface area contributed by atoms with Gasteiger partial charge in [0.25, 0.3) is 10.0 Å². The predicted octanol–water partition coefficient (Wildman–Crippen LogP) is 4.88. The first-order chi connectivity index (χ1) is 16.3. The smallest absolute Gasteiger partial charge is 0.264 e. The molecule has 0 aliphatic carbocycles. The third-order valence-electron chi connectivity index (χ3n) is 6.17. The number of sulfonamides is 1. The van der Waals surface area contributed by atoms with Gasteiger partial charge in [0.15, 0.2) is 0 Å². The molecule has 1 heterocycles. The lowest BCUT2D eigenvalue weighted by atomic mass is 10.2. The normalized spacial score (nSPS) is 14.3. The van der Waals surface area contributed by atoms with E-state index in [-0.39, 0.29) is 17.2 Å². The van der Waals surface area contributed by atoms with Crippen molar-refractivity contribution in [1.29, 1.82) is 0 Å². The number of nitrogens with zero attached hydrogens (tertiary/aromatic N) is 2. The molecule has 1 aliphatic heterocycles. The van der Waals surface area contributed by atoms with Crippen LogP contribution in [0.1, 0.15) is 29.5 Å². The molecule has 0 spiro atoms. The molecule has 0 bridgehead atoms. The highest BCUT2D eigenvalue weighted by Crippen LogP contribution is 2.30. The molecule has 0 radical (unpaired) electrons. The largest absolute Gasteiger partial charge is 0.508 e. The zero-order chi connectivity index (χ0) is 24.1. The van der Waals surface area contributed by atoms with E-state index in [4.69, 9.17) is 4.74 Å². The fraction of sp³-hybridized carbons (Fsp3) is 0.333. The number of phenols is 1. The number of benzene rings is 3. The molecular formula is C27H32N2O4S. The van der Waals surface area contributed by atoms with Gasteiger partial charge in [0.05, 0.1) is 17.1 Å². The lowest BCUT2D eigenvalue weighted by Crippen LogP contribution is -2.31. The van der Waals surface area contributed by atoms with Crippen LogP contribution in [-0.4, -0.2) is 44.7 Å². The van der Waals surface area contributed by atoms with E-state index in [1.165, 1.54) is 17.1 Å². The van der Waals surface area contributed by atoms with Crippen molar-refractivity contribution >= 4 is 15.7 Å². The van der Waals surface area contributed by atoms with Gasteiger partial charge in [0.1, 0.15) is 18.1 Å². The summed E-state index contributed by atoms with van der Waals surface area (Å²) in [7, 11) is -3.83. The summed E-state index contributed by atoms with van der Waals surface area (Å²) in [6.45, 7) is 7.60. The minimum Gasteiger partial charge on any atom is -0.508 e. The first-order valence-corrected chi connectivity index (χ1v) is 13.1. The Bertz CT molecular complexity index is 1200. The second-order valence-electron chi connectivity index (χ2n) is 8.84. The van der Waals surface area contributed by atoms with Gasteiger partial charge in [-0.3, -0.25) is 9.21 Å². The number of anilines is 1. The topological polar surface area (TPSA) is 70.1 Å². The van der Waals surface area contributed by atoms with E-state index in [0.717, 1.165) is 36.5 Å². The van der Waals surface area contributed by atoms with Gasteiger partial charge in [0.2, 0.25) is 0 Å². The number of hydrogen-bond acceptors (Lipinski definition) is 5. The van der Waals surface area contributed by atoms with Crippen molar-refractivity contribution in [3.63, 3.8) is 0 Å². The molecule has 3 aromatic carbocycles. The van der Waals surface area contributed by atoms with Crippen LogP contribution in [-0.2, 0) is 16.6 Å². The van der Waals surface area contributed by atoms with E-state index in [0.29, 0.717) is 17.9 Å². The Labute approximate surface area is 202 Å². The third-order valence-corrected chi connectivity index (χ3v) is 8.09. The molecule has 0 saturated carbocycles. The first-order valence-electron chi connectivity index (χ1n) is 11.7. The Hall–Kier alpha value is -3.03. The predicted molar refractivity (Wildman–Crippen MR) is 135 cm³/mol. The van der Waals surface area contributed by atoms with E-state index in [9.17, 15) is 13.5 Å². The van der Waals surface area contributed by atoms with Crippen LogP contribution in [0.5, 0.6) is 11.5 Å². The Balaban J connectivity index is 1.59. The van der Waals surface area contributed by atoms with Gasteiger partial charge in [-0.1, -0.05) is 24.3 Å². The summed E-state index contributed by atoms with van der Waals surface area (Å²) in [5.74, 6) is 0.861. The molecule has 0 unspecified atom stereocenters. The van der Waals surface area contributed by atoms with Crippen LogP contribution < -0.4 is 9.04 Å². The molecule has 0 atom stereocenters. The minimum atomic E-state index is -3.83. The minimum absolute atomic E-state index is 0.142. The van der Waals surface area contributed by atoms with Crippen molar-refractivity contribution in [1.82, 2.24) is 4.90 Å². The molecule has 4 rings (SSSR count). The molecule has 0 amide bonds. The van der Waals surface area contributed by atoms with E-state index < -0.39 is 10.0 Å². The van der Waals surface area contributed by atoms with Gasteiger partial charge < -0.3 is 9.84 Å². The average molecular weight is 481 g/mol. The highest BCUT2D eigenvalue weighted by Gasteiger charge is 2.27. The molecular weight excluding hydrogens is 448 g/mol. The third kappa shape index (κ3) is 5.72. The number of likely N-dealkylation sites (tertiary alicyclic amines) is 1. The number of hydrogen-bond donors (Lipinski definition) is 1. The standard InChI is InChI=1S/C27H32N2O4S/c1-21-5-6-22(2)27(19-21)34(31,32)29(20-23-7-11-25(30)12-8-23)24-9-13-26(14-10-24)33-18-17-28-15-3-4-16-28/h5-14,19,30H,3-4,15-18,20H2,1-2H3. The van der Waals surface area contributed by atoms with Crippen molar-refractivity contribution < 1.29 is 18.3 Å². The SMILES string of the molecule is Cc1ccc(C)c(S(=O)(=O)N(Cc2ccc(O)cc2)c2ccc(OCCN3CCCC3)cc2)c1. The Kier molecular flexibility index (Phi) is 7.44. The van der Waals surface area contributed by atoms with Crippen LogP contribution in [0.15, 0.2) is 71.6 Å². The van der Waals surface area contributed by atoms with Gasteiger partial charge in [-0.2, -0.15) is 0 Å². The molecule has 1 saturated heterocycles. The van der Waals surface area contributed by atoms with Crippen LogP contribution in [0, 0.1) is 13.8 Å². The fourth-order valence-electron chi connectivity index (χ4n) is 4.19. The number of ether oxygens (including phenoxy) is 1. The molecule has 180 valence electrons. The van der Waals surface area contributed by atoms with Crippen molar-refractivity contribution in [3.8, 4) is 11.5 Å². The van der Waals surface area contributed by atoms with Crippen molar-refractivity contribution in [2.75, 3.05) is 30.5 Å². The maximum absolute atomic E-state index is 13.8. The quantitative estimate of drug-likeness (QED) is 0.473. The van der Waals surface area contributed by atoms with Gasteiger partial charge in [-0.15, -0.1) is 0 Å². The monoisotopic (exact) mass is 480 g/mol. The lowest BCUT2D eigenvalue weighted by molar-refractivity contribution is 0.238. The van der Waals surface area contributed by atoms with E-state index in [2.05, 4.69) is 4.90 Å². The highest BCUT2D eigenvalue weighted by molar-refractivity contribution is 7.92. The fourth-order valence-corrected chi connectivity index (χ4v) is 5.96. The number of aryl methyl sites for hydroxylation is 2. The Morgan fingerprint density at radius 2 is 1.62 bits per heavy atom. The van der Waals surface area contributed by atoms with Crippen molar-refractivity contribution in [2.24, 2.45) is 0 Å². The molecule has 34 heavy (non-hydrogen) atoms.